The van der Waals surface area contributed by atoms with Gasteiger partial charge in [0.15, 0.2) is 5.75 Å². The van der Waals surface area contributed by atoms with Crippen molar-refractivity contribution in [2.24, 2.45) is 0 Å². The lowest BCUT2D eigenvalue weighted by molar-refractivity contribution is 0.340. The molecule has 1 aromatic rings. The zero-order valence-electron chi connectivity index (χ0n) is 8.23. The summed E-state index contributed by atoms with van der Waals surface area (Å²) in [5.74, 6) is 0.553. The van der Waals surface area contributed by atoms with Gasteiger partial charge in [0.25, 0.3) is 0 Å². The van der Waals surface area contributed by atoms with Crippen LogP contribution in [0.4, 0.5) is 5.69 Å². The molecule has 0 aromatic heterocycles. The number of anilines is 1. The van der Waals surface area contributed by atoms with Gasteiger partial charge in [-0.15, -0.1) is 0 Å². The number of halogens is 2. The van der Waals surface area contributed by atoms with Gasteiger partial charge in [-0.25, -0.2) is 0 Å². The maximum absolute atomic E-state index is 6.00. The Morgan fingerprint density at radius 3 is 2.21 bits per heavy atom. The third kappa shape index (κ3) is 2.69. The van der Waals surface area contributed by atoms with E-state index in [1.54, 1.807) is 0 Å². The fourth-order valence-corrected chi connectivity index (χ4v) is 1.74. The lowest BCUT2D eigenvalue weighted by Gasteiger charge is -2.10. The van der Waals surface area contributed by atoms with E-state index in [1.165, 1.54) is 0 Å². The van der Waals surface area contributed by atoms with E-state index in [4.69, 9.17) is 27.9 Å². The van der Waals surface area contributed by atoms with Gasteiger partial charge in [-0.3, -0.25) is 0 Å². The Bertz CT molecular complexity index is 292. The SMILES string of the molecule is CCNc1cc(Cl)c(OCC)c(Cl)c1. The molecule has 2 nitrogen and oxygen atoms in total. The Hall–Kier alpha value is -0.600. The zero-order chi connectivity index (χ0) is 10.6. The van der Waals surface area contributed by atoms with Crippen LogP contribution in [0.5, 0.6) is 5.75 Å². The van der Waals surface area contributed by atoms with Gasteiger partial charge in [0.2, 0.25) is 0 Å². The molecule has 1 aromatic carbocycles. The molecule has 0 fully saturated rings. The number of benzene rings is 1. The van der Waals surface area contributed by atoms with E-state index in [1.807, 2.05) is 26.0 Å². The van der Waals surface area contributed by atoms with Gasteiger partial charge < -0.3 is 10.1 Å². The fourth-order valence-electron chi connectivity index (χ4n) is 1.15. The van der Waals surface area contributed by atoms with Gasteiger partial charge >= 0.3 is 0 Å². The van der Waals surface area contributed by atoms with Crippen molar-refractivity contribution in [1.29, 1.82) is 0 Å². The average Bonchev–Trinajstić information content (AvgIpc) is 2.12. The van der Waals surface area contributed by atoms with Gasteiger partial charge in [0.05, 0.1) is 16.7 Å². The third-order valence-corrected chi connectivity index (χ3v) is 2.23. The first-order chi connectivity index (χ1) is 6.69. The van der Waals surface area contributed by atoms with Crippen LogP contribution in [0.15, 0.2) is 12.1 Å². The quantitative estimate of drug-likeness (QED) is 0.854. The van der Waals surface area contributed by atoms with Crippen LogP contribution in [-0.4, -0.2) is 13.2 Å². The van der Waals surface area contributed by atoms with Crippen LogP contribution in [0.1, 0.15) is 13.8 Å². The molecular weight excluding hydrogens is 221 g/mol. The van der Waals surface area contributed by atoms with Crippen molar-refractivity contribution in [1.82, 2.24) is 0 Å². The number of hydrogen-bond donors (Lipinski definition) is 1. The Balaban J connectivity index is 2.98. The Morgan fingerprint density at radius 1 is 1.21 bits per heavy atom. The molecule has 0 atom stereocenters. The molecule has 4 heteroatoms. The standard InChI is InChI=1S/C10H13Cl2NO/c1-3-13-7-5-8(11)10(14-4-2)9(12)6-7/h5-6,13H,3-4H2,1-2H3. The van der Waals surface area contributed by atoms with Gasteiger partial charge in [-0.05, 0) is 26.0 Å². The number of nitrogens with one attached hydrogen (secondary N) is 1. The van der Waals surface area contributed by atoms with Crippen molar-refractivity contribution in [2.75, 3.05) is 18.5 Å². The largest absolute Gasteiger partial charge is 0.491 e. The van der Waals surface area contributed by atoms with Crippen molar-refractivity contribution >= 4 is 28.9 Å². The highest BCUT2D eigenvalue weighted by Crippen LogP contribution is 2.35. The van der Waals surface area contributed by atoms with Crippen molar-refractivity contribution in [3.8, 4) is 5.75 Å². The molecule has 0 spiro atoms. The highest BCUT2D eigenvalue weighted by atomic mass is 35.5. The molecule has 0 saturated heterocycles. The maximum Gasteiger partial charge on any atom is 0.156 e. The molecule has 0 amide bonds. The second kappa shape index (κ2) is 5.32. The first-order valence-electron chi connectivity index (χ1n) is 4.54. The molecule has 0 aliphatic rings. The molecule has 0 aliphatic carbocycles. The number of hydrogen-bond acceptors (Lipinski definition) is 2. The van der Waals surface area contributed by atoms with Gasteiger partial charge in [-0.1, -0.05) is 23.2 Å². The van der Waals surface area contributed by atoms with E-state index in [0.29, 0.717) is 22.4 Å². The lowest BCUT2D eigenvalue weighted by Crippen LogP contribution is -1.98. The molecule has 1 N–H and O–H groups in total. The lowest BCUT2D eigenvalue weighted by atomic mass is 10.3. The monoisotopic (exact) mass is 233 g/mol. The summed E-state index contributed by atoms with van der Waals surface area (Å²) in [7, 11) is 0. The Labute approximate surface area is 94.2 Å². The fraction of sp³-hybridized carbons (Fsp3) is 0.400. The normalized spacial score (nSPS) is 10.0. The van der Waals surface area contributed by atoms with Crippen LogP contribution in [0.2, 0.25) is 10.0 Å². The van der Waals surface area contributed by atoms with Crippen LogP contribution in [0.25, 0.3) is 0 Å². The molecular formula is C10H13Cl2NO. The summed E-state index contributed by atoms with van der Waals surface area (Å²) in [4.78, 5) is 0. The van der Waals surface area contributed by atoms with E-state index < -0.39 is 0 Å². The maximum atomic E-state index is 6.00. The number of ether oxygens (including phenoxy) is 1. The minimum absolute atomic E-state index is 0.537. The summed E-state index contributed by atoms with van der Waals surface area (Å²) in [5, 5.41) is 4.21. The van der Waals surface area contributed by atoms with Gasteiger partial charge in [-0.2, -0.15) is 0 Å². The van der Waals surface area contributed by atoms with Crippen molar-refractivity contribution < 1.29 is 4.74 Å². The highest BCUT2D eigenvalue weighted by Gasteiger charge is 2.08. The minimum Gasteiger partial charge on any atom is -0.491 e. The summed E-state index contributed by atoms with van der Waals surface area (Å²) in [6.45, 7) is 5.30. The first-order valence-corrected chi connectivity index (χ1v) is 5.30. The van der Waals surface area contributed by atoms with Crippen LogP contribution < -0.4 is 10.1 Å². The summed E-state index contributed by atoms with van der Waals surface area (Å²) in [6, 6.07) is 3.61. The topological polar surface area (TPSA) is 21.3 Å². The molecule has 0 bridgehead atoms. The Morgan fingerprint density at radius 2 is 1.79 bits per heavy atom. The van der Waals surface area contributed by atoms with Crippen LogP contribution in [0, 0.1) is 0 Å². The smallest absolute Gasteiger partial charge is 0.156 e. The second-order valence-electron chi connectivity index (χ2n) is 2.73. The summed E-state index contributed by atoms with van der Waals surface area (Å²) < 4.78 is 5.31. The van der Waals surface area contributed by atoms with Crippen LogP contribution in [0.3, 0.4) is 0 Å². The predicted molar refractivity (Wildman–Crippen MR) is 61.8 cm³/mol. The predicted octanol–water partition coefficient (Wildman–Crippen LogP) is 3.82. The van der Waals surface area contributed by atoms with Crippen molar-refractivity contribution in [2.45, 2.75) is 13.8 Å². The van der Waals surface area contributed by atoms with E-state index in [2.05, 4.69) is 5.32 Å². The summed E-state index contributed by atoms with van der Waals surface area (Å²) in [5.41, 5.74) is 0.908. The van der Waals surface area contributed by atoms with E-state index in [-0.39, 0.29) is 0 Å². The van der Waals surface area contributed by atoms with Crippen LogP contribution in [-0.2, 0) is 0 Å². The van der Waals surface area contributed by atoms with Gasteiger partial charge in [0, 0.05) is 12.2 Å². The third-order valence-electron chi connectivity index (χ3n) is 1.67. The minimum atomic E-state index is 0.537. The molecule has 0 aliphatic heterocycles. The van der Waals surface area contributed by atoms with Gasteiger partial charge in [0.1, 0.15) is 0 Å². The molecule has 14 heavy (non-hydrogen) atoms. The molecule has 0 radical (unpaired) electrons. The van der Waals surface area contributed by atoms with E-state index in [9.17, 15) is 0 Å². The number of rotatable bonds is 4. The first kappa shape index (κ1) is 11.5. The molecule has 0 saturated carbocycles. The second-order valence-corrected chi connectivity index (χ2v) is 3.55. The van der Waals surface area contributed by atoms with Crippen LogP contribution >= 0.6 is 23.2 Å². The van der Waals surface area contributed by atoms with Crippen molar-refractivity contribution in [3.63, 3.8) is 0 Å². The van der Waals surface area contributed by atoms with E-state index in [0.717, 1.165) is 12.2 Å². The highest BCUT2D eigenvalue weighted by molar-refractivity contribution is 6.37. The summed E-state index contributed by atoms with van der Waals surface area (Å²) in [6.07, 6.45) is 0. The molecule has 1 rings (SSSR count). The average molecular weight is 234 g/mol. The molecule has 0 unspecified atom stereocenters. The zero-order valence-corrected chi connectivity index (χ0v) is 9.74. The molecule has 0 heterocycles. The molecule has 78 valence electrons. The Kier molecular flexibility index (Phi) is 4.36. The summed E-state index contributed by atoms with van der Waals surface area (Å²) >= 11 is 12.0. The van der Waals surface area contributed by atoms with E-state index >= 15 is 0 Å². The van der Waals surface area contributed by atoms with Crippen molar-refractivity contribution in [3.05, 3.63) is 22.2 Å².